The monoisotopic (exact) mass is 286 g/mol. The summed E-state index contributed by atoms with van der Waals surface area (Å²) in [6.45, 7) is 1.42. The standard InChI is InChI=1S/C14H14N4O3/c1-8(19)17-10-3-2-4-11(6-10)18-13-12(15)5-9(7-16-13)14(20)21/h2-7H,15H2,1H3,(H,16,18)(H,17,19)(H,20,21). The molecule has 21 heavy (non-hydrogen) atoms. The summed E-state index contributed by atoms with van der Waals surface area (Å²) in [6.07, 6.45) is 1.22. The molecule has 0 aliphatic rings. The first-order valence-electron chi connectivity index (χ1n) is 6.09. The molecule has 0 fully saturated rings. The van der Waals surface area contributed by atoms with Crippen LogP contribution in [0.1, 0.15) is 17.3 Å². The molecule has 1 heterocycles. The molecule has 0 aliphatic carbocycles. The Balaban J connectivity index is 2.22. The predicted molar refractivity (Wildman–Crippen MR) is 79.6 cm³/mol. The molecule has 1 aromatic heterocycles. The number of carbonyl (C=O) groups is 2. The van der Waals surface area contributed by atoms with Crippen molar-refractivity contribution in [2.45, 2.75) is 6.92 Å². The highest BCUT2D eigenvalue weighted by molar-refractivity contribution is 5.90. The van der Waals surface area contributed by atoms with E-state index in [0.29, 0.717) is 17.2 Å². The summed E-state index contributed by atoms with van der Waals surface area (Å²) in [4.78, 5) is 25.8. The minimum absolute atomic E-state index is 0.0186. The molecule has 7 nitrogen and oxygen atoms in total. The third-order valence-corrected chi connectivity index (χ3v) is 2.61. The Hall–Kier alpha value is -3.09. The Morgan fingerprint density at radius 3 is 2.57 bits per heavy atom. The van der Waals surface area contributed by atoms with Gasteiger partial charge in [0.1, 0.15) is 0 Å². The van der Waals surface area contributed by atoms with Gasteiger partial charge in [-0.2, -0.15) is 0 Å². The van der Waals surface area contributed by atoms with E-state index in [0.717, 1.165) is 0 Å². The van der Waals surface area contributed by atoms with Crippen LogP contribution in [0.15, 0.2) is 36.5 Å². The van der Waals surface area contributed by atoms with Gasteiger partial charge in [-0.05, 0) is 24.3 Å². The van der Waals surface area contributed by atoms with Crippen LogP contribution in [0.3, 0.4) is 0 Å². The summed E-state index contributed by atoms with van der Waals surface area (Å²) in [6, 6.07) is 8.33. The summed E-state index contributed by atoms with van der Waals surface area (Å²) >= 11 is 0. The van der Waals surface area contributed by atoms with Gasteiger partial charge in [0.15, 0.2) is 5.82 Å². The highest BCUT2D eigenvalue weighted by atomic mass is 16.4. The Labute approximate surface area is 120 Å². The van der Waals surface area contributed by atoms with Crippen molar-refractivity contribution in [3.05, 3.63) is 42.1 Å². The van der Waals surface area contributed by atoms with E-state index in [4.69, 9.17) is 10.8 Å². The van der Waals surface area contributed by atoms with Crippen LogP contribution in [0.25, 0.3) is 0 Å². The van der Waals surface area contributed by atoms with Crippen LogP contribution in [0.5, 0.6) is 0 Å². The first-order valence-corrected chi connectivity index (χ1v) is 6.09. The summed E-state index contributed by atoms with van der Waals surface area (Å²) < 4.78 is 0. The van der Waals surface area contributed by atoms with Gasteiger partial charge in [0.05, 0.1) is 11.3 Å². The zero-order valence-electron chi connectivity index (χ0n) is 11.3. The number of benzene rings is 1. The van der Waals surface area contributed by atoms with Crippen molar-refractivity contribution in [3.63, 3.8) is 0 Å². The van der Waals surface area contributed by atoms with E-state index in [2.05, 4.69) is 15.6 Å². The molecular weight excluding hydrogens is 272 g/mol. The first-order chi connectivity index (χ1) is 9.95. The second-order valence-electron chi connectivity index (χ2n) is 4.35. The van der Waals surface area contributed by atoms with Crippen molar-refractivity contribution in [1.82, 2.24) is 4.98 Å². The molecule has 0 unspecified atom stereocenters. The summed E-state index contributed by atoms with van der Waals surface area (Å²) in [5.41, 5.74) is 7.31. The molecule has 2 rings (SSSR count). The van der Waals surface area contributed by atoms with Gasteiger partial charge in [-0.3, -0.25) is 4.79 Å². The topological polar surface area (TPSA) is 117 Å². The van der Waals surface area contributed by atoms with E-state index in [9.17, 15) is 9.59 Å². The number of hydrogen-bond acceptors (Lipinski definition) is 5. The molecule has 7 heteroatoms. The average Bonchev–Trinajstić information content (AvgIpc) is 2.40. The number of nitrogens with one attached hydrogen (secondary N) is 2. The normalized spacial score (nSPS) is 9.95. The number of nitrogen functional groups attached to an aromatic ring is 1. The molecule has 0 saturated carbocycles. The third kappa shape index (κ3) is 3.69. The van der Waals surface area contributed by atoms with Crippen LogP contribution in [0.2, 0.25) is 0 Å². The van der Waals surface area contributed by atoms with Crippen LogP contribution in [0.4, 0.5) is 22.9 Å². The number of rotatable bonds is 4. The Kier molecular flexibility index (Phi) is 4.03. The zero-order chi connectivity index (χ0) is 15.4. The number of pyridine rings is 1. The van der Waals surface area contributed by atoms with Crippen molar-refractivity contribution >= 4 is 34.8 Å². The molecule has 1 aromatic carbocycles. The van der Waals surface area contributed by atoms with Crippen LogP contribution in [-0.4, -0.2) is 22.0 Å². The molecular formula is C14H14N4O3. The highest BCUT2D eigenvalue weighted by Crippen LogP contribution is 2.23. The SMILES string of the molecule is CC(=O)Nc1cccc(Nc2ncc(C(=O)O)cc2N)c1. The van der Waals surface area contributed by atoms with Crippen LogP contribution < -0.4 is 16.4 Å². The number of anilines is 4. The van der Waals surface area contributed by atoms with Crippen molar-refractivity contribution in [2.75, 3.05) is 16.4 Å². The fourth-order valence-corrected chi connectivity index (χ4v) is 1.72. The van der Waals surface area contributed by atoms with Crippen molar-refractivity contribution in [3.8, 4) is 0 Å². The van der Waals surface area contributed by atoms with Crippen LogP contribution in [-0.2, 0) is 4.79 Å². The number of nitrogens with two attached hydrogens (primary N) is 1. The maximum absolute atomic E-state index is 11.0. The Bertz CT molecular complexity index is 700. The number of amides is 1. The molecule has 2 aromatic rings. The highest BCUT2D eigenvalue weighted by Gasteiger charge is 2.08. The molecule has 1 amide bonds. The lowest BCUT2D eigenvalue weighted by Gasteiger charge is -2.10. The quantitative estimate of drug-likeness (QED) is 0.683. The number of carboxylic acids is 1. The number of aromatic nitrogens is 1. The third-order valence-electron chi connectivity index (χ3n) is 2.61. The maximum Gasteiger partial charge on any atom is 0.337 e. The number of carboxylic acid groups (broad SMARTS) is 1. The molecule has 0 atom stereocenters. The van der Waals surface area contributed by atoms with Crippen molar-refractivity contribution < 1.29 is 14.7 Å². The Morgan fingerprint density at radius 2 is 1.95 bits per heavy atom. The van der Waals surface area contributed by atoms with Crippen LogP contribution >= 0.6 is 0 Å². The van der Waals surface area contributed by atoms with Gasteiger partial charge in [-0.25, -0.2) is 9.78 Å². The largest absolute Gasteiger partial charge is 0.478 e. The van der Waals surface area contributed by atoms with E-state index in [1.807, 2.05) is 0 Å². The lowest BCUT2D eigenvalue weighted by molar-refractivity contribution is -0.114. The van der Waals surface area contributed by atoms with Gasteiger partial charge < -0.3 is 21.5 Å². The second-order valence-corrected chi connectivity index (χ2v) is 4.35. The number of aromatic carboxylic acids is 1. The maximum atomic E-state index is 11.0. The smallest absolute Gasteiger partial charge is 0.337 e. The molecule has 0 saturated heterocycles. The van der Waals surface area contributed by atoms with E-state index < -0.39 is 5.97 Å². The van der Waals surface area contributed by atoms with E-state index in [1.165, 1.54) is 19.2 Å². The van der Waals surface area contributed by atoms with Crippen molar-refractivity contribution in [2.24, 2.45) is 0 Å². The van der Waals surface area contributed by atoms with Gasteiger partial charge in [-0.1, -0.05) is 6.07 Å². The molecule has 0 radical (unpaired) electrons. The lowest BCUT2D eigenvalue weighted by atomic mass is 10.2. The van der Waals surface area contributed by atoms with Crippen LogP contribution in [0, 0.1) is 0 Å². The lowest BCUT2D eigenvalue weighted by Crippen LogP contribution is -2.06. The first kappa shape index (κ1) is 14.3. The fraction of sp³-hybridized carbons (Fsp3) is 0.0714. The van der Waals surface area contributed by atoms with Gasteiger partial charge >= 0.3 is 5.97 Å². The fourth-order valence-electron chi connectivity index (χ4n) is 1.72. The summed E-state index contributed by atoms with van der Waals surface area (Å²) in [5.74, 6) is -0.913. The van der Waals surface area contributed by atoms with Gasteiger partial charge in [0.25, 0.3) is 0 Å². The van der Waals surface area contributed by atoms with E-state index in [-0.39, 0.29) is 17.2 Å². The zero-order valence-corrected chi connectivity index (χ0v) is 11.3. The number of hydrogen-bond donors (Lipinski definition) is 4. The second kappa shape index (κ2) is 5.91. The predicted octanol–water partition coefficient (Wildman–Crippen LogP) is 2.06. The van der Waals surface area contributed by atoms with E-state index in [1.54, 1.807) is 24.3 Å². The summed E-state index contributed by atoms with van der Waals surface area (Å²) in [7, 11) is 0. The van der Waals surface area contributed by atoms with Gasteiger partial charge in [-0.15, -0.1) is 0 Å². The molecule has 0 bridgehead atoms. The van der Waals surface area contributed by atoms with E-state index >= 15 is 0 Å². The molecule has 0 spiro atoms. The van der Waals surface area contributed by atoms with Gasteiger partial charge in [0.2, 0.25) is 5.91 Å². The minimum Gasteiger partial charge on any atom is -0.478 e. The van der Waals surface area contributed by atoms with Crippen molar-refractivity contribution in [1.29, 1.82) is 0 Å². The summed E-state index contributed by atoms with van der Waals surface area (Å²) in [5, 5.41) is 14.5. The number of carbonyl (C=O) groups excluding carboxylic acids is 1. The molecule has 108 valence electrons. The minimum atomic E-state index is -1.09. The molecule has 5 N–H and O–H groups in total. The van der Waals surface area contributed by atoms with Gasteiger partial charge in [0, 0.05) is 24.5 Å². The Morgan fingerprint density at radius 1 is 1.24 bits per heavy atom. The molecule has 0 aliphatic heterocycles. The average molecular weight is 286 g/mol. The number of nitrogens with zero attached hydrogens (tertiary/aromatic N) is 1.